The fourth-order valence-corrected chi connectivity index (χ4v) is 13.4. The van der Waals surface area contributed by atoms with Gasteiger partial charge in [-0.1, -0.05) is 82.3 Å². The van der Waals surface area contributed by atoms with E-state index in [1.807, 2.05) is 0 Å². The van der Waals surface area contributed by atoms with Crippen molar-refractivity contribution in [3.63, 3.8) is 0 Å². The third-order valence-electron chi connectivity index (χ3n) is 16.5. The summed E-state index contributed by atoms with van der Waals surface area (Å²) in [5.41, 5.74) is 7.92. The number of aliphatic hydroxyl groups is 2. The van der Waals surface area contributed by atoms with Crippen molar-refractivity contribution in [2.75, 3.05) is 96.6 Å². The molecule has 0 saturated carbocycles. The van der Waals surface area contributed by atoms with Crippen molar-refractivity contribution in [1.29, 1.82) is 0 Å². The normalized spacial score (nSPS) is 21.7. The number of amides is 8. The first-order valence-corrected chi connectivity index (χ1v) is 35.0. The van der Waals surface area contributed by atoms with Gasteiger partial charge in [0, 0.05) is 120 Å². The number of rotatable bonds is 26. The van der Waals surface area contributed by atoms with Crippen molar-refractivity contribution in [3.05, 3.63) is 102 Å². The number of aromatic nitrogens is 1. The average molecular weight is 1540 g/mol. The monoisotopic (exact) mass is 1540 g/mol. The number of para-hydroxylation sites is 1. The zero-order chi connectivity index (χ0) is 73.0. The molecular weight excluding hydrogens is 1460 g/mol. The molecule has 0 bridgehead atoms. The van der Waals surface area contributed by atoms with Gasteiger partial charge in [0.15, 0.2) is 6.04 Å². The van der Waals surface area contributed by atoms with Crippen molar-refractivity contribution < 1.29 is 93.3 Å². The van der Waals surface area contributed by atoms with Gasteiger partial charge >= 0.3 is 31.8 Å². The molecular formula is C65H87InN14O19S2. The number of fused-ring (bicyclic) bond motifs is 1. The number of benzene rings is 3. The molecule has 546 valence electrons. The van der Waals surface area contributed by atoms with E-state index in [1.54, 1.807) is 65.7 Å². The molecule has 2 aliphatic rings. The number of carboxylic acid groups (broad SMARTS) is 4. The van der Waals surface area contributed by atoms with Crippen LogP contribution in [0.3, 0.4) is 0 Å². The summed E-state index contributed by atoms with van der Waals surface area (Å²) >= 11 is 0. The van der Waals surface area contributed by atoms with E-state index < -0.39 is 169 Å². The van der Waals surface area contributed by atoms with Crippen LogP contribution in [-0.2, 0) is 76.8 Å². The van der Waals surface area contributed by atoms with Crippen LogP contribution in [0.1, 0.15) is 49.8 Å². The van der Waals surface area contributed by atoms with Gasteiger partial charge in [-0.2, -0.15) is 0 Å². The van der Waals surface area contributed by atoms with E-state index in [-0.39, 0.29) is 123 Å². The summed E-state index contributed by atoms with van der Waals surface area (Å²) in [6.07, 6.45) is -1.98. The first kappa shape index (κ1) is 83.6. The SMILES string of the molecule is C[C@@H](O)[C@H](NC(=O)[C@@H]1CSSC[C@H](NC(=O)[C@@H](Cc2ccccc2)NC(=O)CN2CCN(CC(=O)[O-])CCN(CC(=O)[O-])CCN(CC(=O)[O-])CC2)C(=O)N[C@@H](Cc2ccc(O)cc2)C(=O)N[C@H](Cc2c[nH]c3ccccc23)C(=O)N[C@@H](CCCCN)C(=O)N[C@@H]([C@@H](C)O)C(=O)N1)C(=O)O.[111In+3]. The molecule has 2 saturated heterocycles. The van der Waals surface area contributed by atoms with Gasteiger partial charge < -0.3 is 103 Å². The zero-order valence-corrected chi connectivity index (χ0v) is 60.8. The van der Waals surface area contributed by atoms with E-state index in [2.05, 4.69) is 47.5 Å². The first-order valence-electron chi connectivity index (χ1n) is 32.5. The molecule has 2 aliphatic heterocycles. The number of hydrogen-bond acceptors (Lipinski definition) is 25. The van der Waals surface area contributed by atoms with E-state index >= 15 is 14.4 Å². The van der Waals surface area contributed by atoms with Crippen molar-refractivity contribution in [3.8, 4) is 5.75 Å². The van der Waals surface area contributed by atoms with Gasteiger partial charge in [-0.3, -0.25) is 58.0 Å². The van der Waals surface area contributed by atoms with Crippen molar-refractivity contribution >= 4 is 129 Å². The summed E-state index contributed by atoms with van der Waals surface area (Å²) in [7, 11) is 1.64. The van der Waals surface area contributed by atoms with Crippen LogP contribution in [0.5, 0.6) is 5.75 Å². The first-order chi connectivity index (χ1) is 47.7. The van der Waals surface area contributed by atoms with Crippen LogP contribution in [0.15, 0.2) is 85.1 Å². The number of phenols is 1. The number of aliphatic carboxylic acids is 4. The number of aliphatic hydroxyl groups excluding tert-OH is 2. The van der Waals surface area contributed by atoms with E-state index in [4.69, 9.17) is 5.73 Å². The standard InChI is InChI=1S/C65H90N14O19S2.In/c1-38(80)56-64(96)73-51(63(95)75-57(39(2)81)65(97)98)37-100-99-36-50(72-59(91)47(28-40-10-4-3-5-11-40)68-52(83)32-76-20-22-77(33-53(84)85)24-26-79(35-55(88)89)27-25-78(23-21-76)34-54(86)87)62(94)70-48(29-41-15-17-43(82)18-16-41)60(92)71-49(30-42-31-67-45-13-7-6-12-44(42)45)61(93)69-46(58(90)74-56)14-8-9-19-66;/h3-7,10-13,15-18,31,38-39,46-51,56-57,67,80-82H,8-9,14,19-30,32-37,66H2,1-2H3,(H,68,83)(H,69,93)(H,70,94)(H,71,92)(H,72,91)(H,73,96)(H,74,90)(H,75,95)(H,84,85)(H,86,87)(H,88,89)(H,97,98);/q;+3/p-3/t38-,39-,46+,47-,48+,49-,50+,51+,56+,57+;/m1./s1/i;1-4. The third kappa shape index (κ3) is 28.4. The fraction of sp³-hybridized carbons (Fsp3) is 0.508. The number of hydrogen-bond donors (Lipinski definition) is 14. The number of nitrogens with one attached hydrogen (secondary N) is 9. The van der Waals surface area contributed by atoms with Crippen LogP contribution in [0.25, 0.3) is 10.9 Å². The summed E-state index contributed by atoms with van der Waals surface area (Å²) in [5, 5.41) is 98.5. The predicted octanol–water partition coefficient (Wildman–Crippen LogP) is -7.76. The van der Waals surface area contributed by atoms with Gasteiger partial charge in [0.05, 0.1) is 36.7 Å². The number of carbonyl (C=O) groups excluding carboxylic acids is 11. The molecule has 15 N–H and O–H groups in total. The predicted molar refractivity (Wildman–Crippen MR) is 365 cm³/mol. The molecule has 6 rings (SSSR count). The Hall–Kier alpha value is -8.07. The number of aromatic amines is 1. The Morgan fingerprint density at radius 3 is 1.66 bits per heavy atom. The fourth-order valence-electron chi connectivity index (χ4n) is 11.1. The minimum absolute atomic E-state index is 0. The third-order valence-corrected chi connectivity index (χ3v) is 19.0. The number of nitrogens with two attached hydrogens (primary N) is 1. The Morgan fingerprint density at radius 1 is 0.604 bits per heavy atom. The quantitative estimate of drug-likeness (QED) is 0.0205. The molecule has 33 nitrogen and oxygen atoms in total. The summed E-state index contributed by atoms with van der Waals surface area (Å²) in [5.74, 6) is -14.9. The van der Waals surface area contributed by atoms with Gasteiger partial charge in [-0.25, -0.2) is 4.79 Å². The number of phenolic OH excluding ortho intramolecular Hbond substituents is 1. The van der Waals surface area contributed by atoms with Crippen LogP contribution in [-0.4, -0.2) is 299 Å². The van der Waals surface area contributed by atoms with Gasteiger partial charge in [0.1, 0.15) is 48.0 Å². The van der Waals surface area contributed by atoms with Crippen LogP contribution < -0.4 is 63.6 Å². The molecule has 101 heavy (non-hydrogen) atoms. The topological polar surface area (TPSA) is 506 Å². The van der Waals surface area contributed by atoms with Crippen molar-refractivity contribution in [2.24, 2.45) is 5.73 Å². The minimum Gasteiger partial charge on any atom is -0.549 e. The molecule has 10 atom stereocenters. The number of carboxylic acids is 4. The van der Waals surface area contributed by atoms with Crippen molar-refractivity contribution in [2.45, 2.75) is 113 Å². The van der Waals surface area contributed by atoms with Crippen LogP contribution >= 0.6 is 21.6 Å². The average Bonchev–Trinajstić information content (AvgIpc) is 1.75. The molecule has 0 unspecified atom stereocenters. The molecule has 36 heteroatoms. The molecule has 0 radical (unpaired) electrons. The second-order valence-corrected chi connectivity index (χ2v) is 27.0. The molecule has 0 aliphatic carbocycles. The Kier molecular flexibility index (Phi) is 35.1. The smallest absolute Gasteiger partial charge is 0.549 e. The number of carbonyl (C=O) groups is 12. The van der Waals surface area contributed by atoms with Gasteiger partial charge in [0.25, 0.3) is 0 Å². The zero-order valence-electron chi connectivity index (χ0n) is 55.9. The van der Waals surface area contributed by atoms with E-state index in [1.165, 1.54) is 39.0 Å². The number of unbranched alkanes of at least 4 members (excludes halogenated alkanes) is 1. The summed E-state index contributed by atoms with van der Waals surface area (Å²) in [6.45, 7) is 0.342. The summed E-state index contributed by atoms with van der Waals surface area (Å²) in [6, 6.07) is 7.74. The van der Waals surface area contributed by atoms with Crippen molar-refractivity contribution in [1.82, 2.24) is 67.1 Å². The summed E-state index contributed by atoms with van der Waals surface area (Å²) in [4.78, 5) is 175. The van der Waals surface area contributed by atoms with Gasteiger partial charge in [-0.05, 0) is 74.5 Å². The Morgan fingerprint density at radius 2 is 1.12 bits per heavy atom. The Labute approximate surface area is 609 Å². The molecule has 2 fully saturated rings. The molecule has 0 spiro atoms. The van der Waals surface area contributed by atoms with Gasteiger partial charge in [0.2, 0.25) is 47.3 Å². The van der Waals surface area contributed by atoms with Crippen LogP contribution in [0.4, 0.5) is 0 Å². The van der Waals surface area contributed by atoms with E-state index in [0.29, 0.717) is 34.0 Å². The van der Waals surface area contributed by atoms with E-state index in [9.17, 15) is 78.9 Å². The van der Waals surface area contributed by atoms with E-state index in [0.717, 1.165) is 35.4 Å². The summed E-state index contributed by atoms with van der Waals surface area (Å²) < 4.78 is 0. The maximum absolute atomic E-state index is 15.3. The molecule has 4 aromatic rings. The largest absolute Gasteiger partial charge is 3.00 e. The van der Waals surface area contributed by atoms with Crippen LogP contribution in [0, 0.1) is 0 Å². The van der Waals surface area contributed by atoms with Crippen LogP contribution in [0.2, 0.25) is 0 Å². The number of nitrogens with zero attached hydrogens (tertiary/aromatic N) is 4. The maximum atomic E-state index is 15.3. The maximum Gasteiger partial charge on any atom is 3.00 e. The minimum atomic E-state index is -1.91. The number of H-pyrrole nitrogens is 1. The Bertz CT molecular complexity index is 3420. The second-order valence-electron chi connectivity index (χ2n) is 24.4. The van der Waals surface area contributed by atoms with Gasteiger partial charge in [-0.15, -0.1) is 0 Å². The molecule has 3 heterocycles. The molecule has 3 aromatic carbocycles. The molecule has 8 amide bonds. The molecule has 1 aromatic heterocycles. The number of aromatic hydroxyl groups is 1. The Balaban J connectivity index is 0.0000184. The second kappa shape index (κ2) is 42.4.